The highest BCUT2D eigenvalue weighted by Gasteiger charge is 2.71. The number of hydrogen-bond acceptors (Lipinski definition) is 6. The first-order valence-electron chi connectivity index (χ1n) is 12.9. The van der Waals surface area contributed by atoms with Crippen molar-refractivity contribution in [2.75, 3.05) is 12.4 Å². The Kier molecular flexibility index (Phi) is 5.57. The van der Waals surface area contributed by atoms with Gasteiger partial charge in [-0.1, -0.05) is 42.5 Å². The van der Waals surface area contributed by atoms with E-state index < -0.39 is 29.2 Å². The predicted octanol–water partition coefficient (Wildman–Crippen LogP) is 6.03. The summed E-state index contributed by atoms with van der Waals surface area (Å²) in [7, 11) is 1.55. The number of furan rings is 1. The fourth-order valence-corrected chi connectivity index (χ4v) is 7.27. The Morgan fingerprint density at radius 3 is 2.58 bits per heavy atom. The molecular formula is C32H23BrN2O5. The molecule has 40 heavy (non-hydrogen) atoms. The van der Waals surface area contributed by atoms with Gasteiger partial charge in [0.25, 0.3) is 0 Å². The molecule has 0 unspecified atom stereocenters. The Bertz CT molecular complexity index is 1730. The Labute approximate surface area is 238 Å². The van der Waals surface area contributed by atoms with E-state index in [2.05, 4.69) is 21.2 Å². The van der Waals surface area contributed by atoms with Gasteiger partial charge in [0, 0.05) is 17.5 Å². The molecule has 0 aliphatic carbocycles. The number of ketones is 2. The van der Waals surface area contributed by atoms with Crippen LogP contribution in [0.2, 0.25) is 0 Å². The topological polar surface area (TPSA) is 88.9 Å². The van der Waals surface area contributed by atoms with Gasteiger partial charge in [0.05, 0.1) is 29.8 Å². The number of anilines is 1. The zero-order valence-corrected chi connectivity index (χ0v) is 22.9. The number of hydrogen-bond donors (Lipinski definition) is 1. The van der Waals surface area contributed by atoms with Gasteiger partial charge in [0.2, 0.25) is 11.7 Å². The van der Waals surface area contributed by atoms with Gasteiger partial charge in [-0.15, -0.1) is 0 Å². The molecule has 0 saturated carbocycles. The number of ether oxygens (including phenoxy) is 1. The lowest BCUT2D eigenvalue weighted by Crippen LogP contribution is -2.49. The summed E-state index contributed by atoms with van der Waals surface area (Å²) < 4.78 is 11.6. The highest BCUT2D eigenvalue weighted by molar-refractivity contribution is 9.10. The predicted molar refractivity (Wildman–Crippen MR) is 152 cm³/mol. The maximum Gasteiger partial charge on any atom is 0.238 e. The summed E-state index contributed by atoms with van der Waals surface area (Å²) in [5, 5.41) is 3.04. The van der Waals surface area contributed by atoms with E-state index in [0.717, 1.165) is 11.1 Å². The molecule has 0 radical (unpaired) electrons. The molecule has 8 heteroatoms. The second kappa shape index (κ2) is 9.06. The van der Waals surface area contributed by atoms with Gasteiger partial charge in [-0.2, -0.15) is 0 Å². The van der Waals surface area contributed by atoms with Crippen LogP contribution in [0.4, 0.5) is 5.69 Å². The lowest BCUT2D eigenvalue weighted by atomic mass is 9.63. The molecular weight excluding hydrogens is 572 g/mol. The van der Waals surface area contributed by atoms with Crippen LogP contribution in [0.5, 0.6) is 5.75 Å². The molecule has 0 bridgehead atoms. The third kappa shape index (κ3) is 3.26. The average molecular weight is 595 g/mol. The summed E-state index contributed by atoms with van der Waals surface area (Å²) >= 11 is 3.49. The minimum absolute atomic E-state index is 0.104. The molecule has 4 aromatic rings. The van der Waals surface area contributed by atoms with E-state index in [4.69, 9.17) is 9.15 Å². The Hall–Kier alpha value is -4.43. The molecule has 1 fully saturated rings. The summed E-state index contributed by atoms with van der Waals surface area (Å²) in [6.07, 6.45) is 5.21. The van der Waals surface area contributed by atoms with Gasteiger partial charge < -0.3 is 19.4 Å². The van der Waals surface area contributed by atoms with Crippen molar-refractivity contribution >= 4 is 45.2 Å². The number of Topliss-reactive ketones (excluding diaryl/α,β-unsaturated/α-hetero) is 2. The van der Waals surface area contributed by atoms with E-state index in [1.165, 1.54) is 6.26 Å². The van der Waals surface area contributed by atoms with Gasteiger partial charge in [0.15, 0.2) is 11.5 Å². The molecule has 3 aliphatic rings. The Balaban J connectivity index is 1.52. The van der Waals surface area contributed by atoms with Crippen LogP contribution in [-0.4, -0.2) is 35.5 Å². The van der Waals surface area contributed by atoms with Crippen LogP contribution in [0.15, 0.2) is 100 Å². The van der Waals surface area contributed by atoms with E-state index in [9.17, 15) is 14.4 Å². The number of nitrogens with zero attached hydrogens (tertiary/aromatic N) is 1. The summed E-state index contributed by atoms with van der Waals surface area (Å²) in [6, 6.07) is 21.9. The van der Waals surface area contributed by atoms with Crippen LogP contribution >= 0.6 is 15.9 Å². The van der Waals surface area contributed by atoms with Crippen molar-refractivity contribution in [2.24, 2.45) is 5.92 Å². The minimum Gasteiger partial charge on any atom is -0.496 e. The van der Waals surface area contributed by atoms with Crippen molar-refractivity contribution in [1.82, 2.24) is 4.90 Å². The number of para-hydroxylation sites is 1. The smallest absolute Gasteiger partial charge is 0.238 e. The monoisotopic (exact) mass is 594 g/mol. The van der Waals surface area contributed by atoms with E-state index in [-0.39, 0.29) is 17.5 Å². The first kappa shape index (κ1) is 24.6. The van der Waals surface area contributed by atoms with Gasteiger partial charge in [-0.05, 0) is 75.1 Å². The second-order valence-corrected chi connectivity index (χ2v) is 11.0. The second-order valence-electron chi connectivity index (χ2n) is 10.1. The molecule has 7 nitrogen and oxygen atoms in total. The number of amides is 1. The molecule has 1 spiro atoms. The standard InChI is InChI=1S/C32H23BrN2O5/c1-39-24-13-12-19(17-22(24)33)28(36)27-26(29(37)25-11-6-16-40-25)32(21-9-4-5-10-23(21)34-31(32)38)30-20-8-3-2-7-18(20)14-15-35(27)30/h2-17,26-27,30H,1H3,(H,34,38)/t26-,27+,30-,32+/m1/s1. The van der Waals surface area contributed by atoms with Crippen LogP contribution in [0.1, 0.15) is 43.6 Å². The van der Waals surface area contributed by atoms with E-state index in [0.29, 0.717) is 27.0 Å². The minimum atomic E-state index is -1.40. The molecule has 7 rings (SSSR count). The summed E-state index contributed by atoms with van der Waals surface area (Å²) in [6.45, 7) is 0. The normalized spacial score (nSPS) is 23.9. The van der Waals surface area contributed by atoms with Crippen molar-refractivity contribution < 1.29 is 23.5 Å². The van der Waals surface area contributed by atoms with Gasteiger partial charge >= 0.3 is 0 Å². The molecule has 3 aliphatic heterocycles. The van der Waals surface area contributed by atoms with Crippen molar-refractivity contribution in [3.8, 4) is 5.75 Å². The maximum atomic E-state index is 14.6. The number of rotatable bonds is 5. The molecule has 1 amide bonds. The Morgan fingerprint density at radius 2 is 1.80 bits per heavy atom. The number of carbonyl (C=O) groups excluding carboxylic acids is 3. The zero-order chi connectivity index (χ0) is 27.6. The number of methoxy groups -OCH3 is 1. The lowest BCUT2D eigenvalue weighted by molar-refractivity contribution is -0.122. The van der Waals surface area contributed by atoms with Gasteiger partial charge in [-0.25, -0.2) is 0 Å². The Morgan fingerprint density at radius 1 is 1.00 bits per heavy atom. The van der Waals surface area contributed by atoms with Crippen LogP contribution in [-0.2, 0) is 10.2 Å². The number of carbonyl (C=O) groups is 3. The number of benzene rings is 3. The van der Waals surface area contributed by atoms with E-state index >= 15 is 0 Å². The quantitative estimate of drug-likeness (QED) is 0.284. The van der Waals surface area contributed by atoms with Crippen LogP contribution in [0.25, 0.3) is 6.08 Å². The molecule has 1 saturated heterocycles. The van der Waals surface area contributed by atoms with Gasteiger partial charge in [-0.3, -0.25) is 14.4 Å². The van der Waals surface area contributed by atoms with Crippen molar-refractivity contribution in [2.45, 2.75) is 17.5 Å². The summed E-state index contributed by atoms with van der Waals surface area (Å²) in [5.74, 6) is -1.40. The SMILES string of the molecule is COc1ccc(C(=O)[C@@H]2[C@H](C(=O)c3ccco3)[C@]3(C(=O)Nc4ccccc43)[C@H]3c4ccccc4C=CN23)cc1Br. The molecule has 4 atom stereocenters. The fourth-order valence-electron chi connectivity index (χ4n) is 6.73. The van der Waals surface area contributed by atoms with Crippen LogP contribution in [0, 0.1) is 5.92 Å². The van der Waals surface area contributed by atoms with Gasteiger partial charge in [0.1, 0.15) is 17.2 Å². The third-order valence-electron chi connectivity index (χ3n) is 8.32. The highest BCUT2D eigenvalue weighted by atomic mass is 79.9. The largest absolute Gasteiger partial charge is 0.496 e. The van der Waals surface area contributed by atoms with Crippen LogP contribution in [0.3, 0.4) is 0 Å². The van der Waals surface area contributed by atoms with E-state index in [1.807, 2.05) is 65.7 Å². The van der Waals surface area contributed by atoms with Crippen LogP contribution < -0.4 is 10.1 Å². The average Bonchev–Trinajstić information content (AvgIpc) is 3.69. The molecule has 1 aromatic heterocycles. The number of fused-ring (bicyclic) bond motifs is 6. The molecule has 3 aromatic carbocycles. The number of nitrogens with one attached hydrogen (secondary N) is 1. The van der Waals surface area contributed by atoms with E-state index in [1.54, 1.807) is 37.4 Å². The van der Waals surface area contributed by atoms with Crippen molar-refractivity contribution in [3.05, 3.63) is 124 Å². The summed E-state index contributed by atoms with van der Waals surface area (Å²) in [5.41, 5.74) is 2.13. The highest BCUT2D eigenvalue weighted by Crippen LogP contribution is 2.62. The van der Waals surface area contributed by atoms with Crippen molar-refractivity contribution in [3.63, 3.8) is 0 Å². The molecule has 4 heterocycles. The van der Waals surface area contributed by atoms with Crippen molar-refractivity contribution in [1.29, 1.82) is 0 Å². The lowest BCUT2D eigenvalue weighted by Gasteiger charge is -2.38. The zero-order valence-electron chi connectivity index (χ0n) is 21.3. The molecule has 198 valence electrons. The first-order valence-corrected chi connectivity index (χ1v) is 13.7. The summed E-state index contributed by atoms with van der Waals surface area (Å²) in [4.78, 5) is 45.3. The third-order valence-corrected chi connectivity index (χ3v) is 8.94. The fraction of sp³-hybridized carbons (Fsp3) is 0.156. The first-order chi connectivity index (χ1) is 19.5. The maximum absolute atomic E-state index is 14.6. The molecule has 1 N–H and O–H groups in total. The number of halogens is 1.